The number of carbonyl (C=O) groups excluding carboxylic acids is 1. The van der Waals surface area contributed by atoms with Gasteiger partial charge in [-0.1, -0.05) is 6.07 Å². The van der Waals surface area contributed by atoms with Gasteiger partial charge in [-0.05, 0) is 43.3 Å². The van der Waals surface area contributed by atoms with Crippen LogP contribution in [0.1, 0.15) is 41.2 Å². The van der Waals surface area contributed by atoms with Crippen molar-refractivity contribution in [3.63, 3.8) is 0 Å². The van der Waals surface area contributed by atoms with Gasteiger partial charge in [0, 0.05) is 31.7 Å². The smallest absolute Gasteiger partial charge is 0.254 e. The summed E-state index contributed by atoms with van der Waals surface area (Å²) in [5.74, 6) is 0.786. The maximum absolute atomic E-state index is 12.9. The highest BCUT2D eigenvalue weighted by atomic mass is 32.1. The van der Waals surface area contributed by atoms with E-state index in [0.29, 0.717) is 24.0 Å². The Morgan fingerprint density at radius 2 is 2.13 bits per heavy atom. The van der Waals surface area contributed by atoms with Gasteiger partial charge in [0.25, 0.3) is 11.9 Å². The highest BCUT2D eigenvalue weighted by Crippen LogP contribution is 2.42. The summed E-state index contributed by atoms with van der Waals surface area (Å²) >= 11 is 1.64. The van der Waals surface area contributed by atoms with Crippen LogP contribution in [0.5, 0.6) is 0 Å². The average molecular weight is 439 g/mol. The molecule has 162 valence electrons. The fraction of sp³-hybridized carbons (Fsp3) is 0.455. The van der Waals surface area contributed by atoms with Crippen molar-refractivity contribution in [3.8, 4) is 16.5 Å². The molecular weight excluding hydrogens is 412 g/mol. The second-order valence-corrected chi connectivity index (χ2v) is 8.86. The van der Waals surface area contributed by atoms with Crippen molar-refractivity contribution >= 4 is 17.2 Å². The van der Waals surface area contributed by atoms with Crippen LogP contribution < -0.4 is 5.32 Å². The monoisotopic (exact) mass is 438 g/mol. The van der Waals surface area contributed by atoms with Crippen LogP contribution in [0.4, 0.5) is 0 Å². The zero-order chi connectivity index (χ0) is 21.0. The van der Waals surface area contributed by atoms with E-state index >= 15 is 0 Å². The predicted molar refractivity (Wildman–Crippen MR) is 119 cm³/mol. The minimum Gasteiger partial charge on any atom is -0.379 e. The van der Waals surface area contributed by atoms with Gasteiger partial charge in [0.1, 0.15) is 0 Å². The van der Waals surface area contributed by atoms with Gasteiger partial charge in [0.2, 0.25) is 0 Å². The number of nitrogens with zero attached hydrogens (tertiary/aromatic N) is 5. The molecule has 1 N–H and O–H groups in total. The van der Waals surface area contributed by atoms with Gasteiger partial charge in [-0.25, -0.2) is 14.6 Å². The van der Waals surface area contributed by atoms with Crippen molar-refractivity contribution < 1.29 is 9.53 Å². The Labute approximate surface area is 185 Å². The second-order valence-electron chi connectivity index (χ2n) is 7.91. The van der Waals surface area contributed by atoms with Crippen LogP contribution in [0, 0.1) is 0 Å². The minimum absolute atomic E-state index is 0.0652. The third-order valence-electron chi connectivity index (χ3n) is 5.66. The summed E-state index contributed by atoms with van der Waals surface area (Å²) < 4.78 is 7.13. The molecule has 5 rings (SSSR count). The first-order valence-corrected chi connectivity index (χ1v) is 11.7. The first-order valence-electron chi connectivity index (χ1n) is 10.8. The van der Waals surface area contributed by atoms with E-state index in [1.54, 1.807) is 28.4 Å². The molecule has 0 spiro atoms. The predicted octanol–water partition coefficient (Wildman–Crippen LogP) is 2.72. The number of nitrogens with one attached hydrogen (secondary N) is 1. The Bertz CT molecular complexity index is 1020. The van der Waals surface area contributed by atoms with E-state index in [9.17, 15) is 4.79 Å². The molecule has 31 heavy (non-hydrogen) atoms. The molecule has 3 aromatic heterocycles. The Kier molecular flexibility index (Phi) is 6.06. The molecule has 0 aromatic carbocycles. The molecule has 0 unspecified atom stereocenters. The molecule has 4 heterocycles. The molecule has 2 aliphatic rings. The quantitative estimate of drug-likeness (QED) is 0.545. The molecule has 0 atom stereocenters. The van der Waals surface area contributed by atoms with Gasteiger partial charge in [0.15, 0.2) is 0 Å². The largest absolute Gasteiger partial charge is 0.379 e. The van der Waals surface area contributed by atoms with Crippen molar-refractivity contribution in [2.75, 3.05) is 39.4 Å². The SMILES string of the molecule is O=C(NCCCN1CCOCC1)c1cnn(-c2nccc(-c3cccs3)n2)c1C1CC1. The van der Waals surface area contributed by atoms with E-state index in [0.717, 1.165) is 68.4 Å². The lowest BCUT2D eigenvalue weighted by atomic mass is 10.1. The van der Waals surface area contributed by atoms with Crippen molar-refractivity contribution in [2.45, 2.75) is 25.2 Å². The van der Waals surface area contributed by atoms with Crippen LogP contribution in [0.2, 0.25) is 0 Å². The van der Waals surface area contributed by atoms with E-state index < -0.39 is 0 Å². The third kappa shape index (κ3) is 4.68. The topological polar surface area (TPSA) is 85.2 Å². The highest BCUT2D eigenvalue weighted by Gasteiger charge is 2.33. The normalized spacial score (nSPS) is 17.0. The van der Waals surface area contributed by atoms with Crippen LogP contribution in [-0.2, 0) is 4.74 Å². The summed E-state index contributed by atoms with van der Waals surface area (Å²) in [6.07, 6.45) is 6.46. The molecule has 1 saturated carbocycles. The van der Waals surface area contributed by atoms with Crippen molar-refractivity contribution in [1.82, 2.24) is 30.0 Å². The molecule has 1 saturated heterocycles. The van der Waals surface area contributed by atoms with Gasteiger partial charge in [-0.2, -0.15) is 5.10 Å². The summed E-state index contributed by atoms with van der Waals surface area (Å²) in [5, 5.41) is 9.61. The van der Waals surface area contributed by atoms with Crippen molar-refractivity contribution in [1.29, 1.82) is 0 Å². The van der Waals surface area contributed by atoms with E-state index in [1.807, 2.05) is 23.6 Å². The number of ether oxygens (including phenoxy) is 1. The van der Waals surface area contributed by atoms with Crippen molar-refractivity contribution in [3.05, 3.63) is 47.2 Å². The lowest BCUT2D eigenvalue weighted by molar-refractivity contribution is 0.0374. The molecule has 9 heteroatoms. The van der Waals surface area contributed by atoms with Crippen LogP contribution in [0.15, 0.2) is 36.0 Å². The number of hydrogen-bond donors (Lipinski definition) is 1. The van der Waals surface area contributed by atoms with Crippen LogP contribution in [0.3, 0.4) is 0 Å². The number of hydrogen-bond acceptors (Lipinski definition) is 7. The molecule has 0 bridgehead atoms. The van der Waals surface area contributed by atoms with E-state index in [2.05, 4.69) is 20.3 Å². The Morgan fingerprint density at radius 1 is 1.26 bits per heavy atom. The number of aromatic nitrogens is 4. The van der Waals surface area contributed by atoms with Gasteiger partial charge in [0.05, 0.1) is 41.2 Å². The molecule has 2 fully saturated rings. The fourth-order valence-electron chi connectivity index (χ4n) is 3.88. The first kappa shape index (κ1) is 20.3. The minimum atomic E-state index is -0.0652. The Hall–Kier alpha value is -2.62. The summed E-state index contributed by atoms with van der Waals surface area (Å²) in [6, 6.07) is 5.95. The lowest BCUT2D eigenvalue weighted by Gasteiger charge is -2.26. The second kappa shape index (κ2) is 9.25. The summed E-state index contributed by atoms with van der Waals surface area (Å²) in [4.78, 5) is 25.5. The van der Waals surface area contributed by atoms with Crippen molar-refractivity contribution in [2.24, 2.45) is 0 Å². The number of carbonyl (C=O) groups is 1. The van der Waals surface area contributed by atoms with E-state index in [4.69, 9.17) is 9.72 Å². The summed E-state index contributed by atoms with van der Waals surface area (Å²) in [5.41, 5.74) is 2.43. The zero-order valence-electron chi connectivity index (χ0n) is 17.4. The lowest BCUT2D eigenvalue weighted by Crippen LogP contribution is -2.38. The summed E-state index contributed by atoms with van der Waals surface area (Å²) in [6.45, 7) is 5.16. The highest BCUT2D eigenvalue weighted by molar-refractivity contribution is 7.13. The molecular formula is C22H26N6O2S. The third-order valence-corrected chi connectivity index (χ3v) is 6.55. The number of rotatable bonds is 8. The van der Waals surface area contributed by atoms with E-state index in [-0.39, 0.29) is 5.91 Å². The zero-order valence-corrected chi connectivity index (χ0v) is 18.2. The maximum Gasteiger partial charge on any atom is 0.254 e. The molecule has 1 aliphatic carbocycles. The molecule has 3 aromatic rings. The summed E-state index contributed by atoms with van der Waals surface area (Å²) in [7, 11) is 0. The van der Waals surface area contributed by atoms with E-state index in [1.165, 1.54) is 0 Å². The first-order chi connectivity index (χ1) is 15.3. The molecule has 8 nitrogen and oxygen atoms in total. The molecule has 1 amide bonds. The van der Waals surface area contributed by atoms with Crippen LogP contribution in [0.25, 0.3) is 16.5 Å². The number of amides is 1. The standard InChI is InChI=1S/C22H26N6O2S/c29-21(23-7-2-9-27-10-12-30-13-11-27)17-15-25-28(20(17)16-4-5-16)22-24-8-6-18(26-22)19-3-1-14-31-19/h1,3,6,8,14-16H,2,4-5,7,9-13H2,(H,23,29). The van der Waals surface area contributed by atoms with Crippen LogP contribution >= 0.6 is 11.3 Å². The molecule has 1 aliphatic heterocycles. The number of thiophene rings is 1. The van der Waals surface area contributed by atoms with Gasteiger partial charge >= 0.3 is 0 Å². The van der Waals surface area contributed by atoms with Gasteiger partial charge in [-0.15, -0.1) is 11.3 Å². The Morgan fingerprint density at radius 3 is 2.90 bits per heavy atom. The number of morpholine rings is 1. The van der Waals surface area contributed by atoms with Crippen LogP contribution in [-0.4, -0.2) is 69.9 Å². The van der Waals surface area contributed by atoms with Gasteiger partial charge in [-0.3, -0.25) is 9.69 Å². The average Bonchev–Trinajstić information content (AvgIpc) is 3.32. The maximum atomic E-state index is 12.9. The molecule has 0 radical (unpaired) electrons. The van der Waals surface area contributed by atoms with Gasteiger partial charge < -0.3 is 10.1 Å². The Balaban J connectivity index is 1.28. The fourth-order valence-corrected chi connectivity index (χ4v) is 4.57.